The van der Waals surface area contributed by atoms with E-state index in [2.05, 4.69) is 32.2 Å². The third-order valence-corrected chi connectivity index (χ3v) is 3.28. The Kier molecular flexibility index (Phi) is 4.48. The zero-order valence-electron chi connectivity index (χ0n) is 11.5. The van der Waals surface area contributed by atoms with Gasteiger partial charge in [0.25, 0.3) is 0 Å². The maximum atomic E-state index is 5.78. The number of fused-ring (bicyclic) bond motifs is 1. The third-order valence-electron chi connectivity index (χ3n) is 3.28. The van der Waals surface area contributed by atoms with Crippen molar-refractivity contribution in [2.24, 2.45) is 5.92 Å². The number of benzene rings is 1. The minimum atomic E-state index is 0.365. The van der Waals surface area contributed by atoms with Gasteiger partial charge in [-0.15, -0.1) is 0 Å². The van der Waals surface area contributed by atoms with Crippen molar-refractivity contribution in [1.29, 1.82) is 0 Å². The Hall–Kier alpha value is -1.22. The van der Waals surface area contributed by atoms with E-state index in [0.29, 0.717) is 12.0 Å². The Labute approximate surface area is 109 Å². The van der Waals surface area contributed by atoms with E-state index in [1.54, 1.807) is 0 Å². The van der Waals surface area contributed by atoms with Crippen molar-refractivity contribution >= 4 is 0 Å². The highest BCUT2D eigenvalue weighted by atomic mass is 16.5. The van der Waals surface area contributed by atoms with Crippen LogP contribution in [0.4, 0.5) is 0 Å². The highest BCUT2D eigenvalue weighted by molar-refractivity contribution is 5.43. The van der Waals surface area contributed by atoms with E-state index in [1.807, 2.05) is 12.1 Å². The summed E-state index contributed by atoms with van der Waals surface area (Å²) in [7, 11) is 0. The highest BCUT2D eigenvalue weighted by Gasteiger charge is 2.27. The zero-order chi connectivity index (χ0) is 13.0. The lowest BCUT2D eigenvalue weighted by atomic mass is 9.92. The summed E-state index contributed by atoms with van der Waals surface area (Å²) >= 11 is 0. The lowest BCUT2D eigenvalue weighted by Gasteiger charge is -2.32. The fourth-order valence-corrected chi connectivity index (χ4v) is 2.37. The summed E-state index contributed by atoms with van der Waals surface area (Å²) < 4.78 is 11.5. The first-order valence-electron chi connectivity index (χ1n) is 6.89. The molecule has 0 saturated heterocycles. The molecule has 3 heteroatoms. The van der Waals surface area contributed by atoms with Gasteiger partial charge in [-0.25, -0.2) is 0 Å². The van der Waals surface area contributed by atoms with Crippen LogP contribution >= 0.6 is 0 Å². The summed E-state index contributed by atoms with van der Waals surface area (Å²) in [6.45, 7) is 8.98. The summed E-state index contributed by atoms with van der Waals surface area (Å²) in [5, 5.41) is 3.54. The zero-order valence-corrected chi connectivity index (χ0v) is 11.5. The average molecular weight is 249 g/mol. The molecule has 1 aromatic rings. The molecule has 1 aliphatic rings. The molecule has 1 heterocycles. The molecule has 100 valence electrons. The Balaban J connectivity index is 2.23. The van der Waals surface area contributed by atoms with Crippen molar-refractivity contribution in [2.45, 2.75) is 33.2 Å². The summed E-state index contributed by atoms with van der Waals surface area (Å²) in [5.41, 5.74) is 1.23. The standard InChI is InChI=1S/C15H23NO2/c1-4-8-17-12-6-7-14-13(9-12)15(16-5-2)11(3)10-18-14/h6-7,9,11,15-16H,4-5,8,10H2,1-3H3. The molecule has 2 rings (SSSR count). The lowest BCUT2D eigenvalue weighted by molar-refractivity contribution is 0.189. The van der Waals surface area contributed by atoms with Crippen LogP contribution < -0.4 is 14.8 Å². The molecule has 2 unspecified atom stereocenters. The van der Waals surface area contributed by atoms with Gasteiger partial charge in [0, 0.05) is 17.5 Å². The van der Waals surface area contributed by atoms with Gasteiger partial charge in [-0.05, 0) is 31.2 Å². The molecule has 1 aromatic carbocycles. The number of ether oxygens (including phenoxy) is 2. The maximum Gasteiger partial charge on any atom is 0.124 e. The summed E-state index contributed by atoms with van der Waals surface area (Å²) in [4.78, 5) is 0. The van der Waals surface area contributed by atoms with Gasteiger partial charge in [-0.2, -0.15) is 0 Å². The van der Waals surface area contributed by atoms with Crippen LogP contribution in [0.25, 0.3) is 0 Å². The van der Waals surface area contributed by atoms with Crippen molar-refractivity contribution < 1.29 is 9.47 Å². The van der Waals surface area contributed by atoms with Gasteiger partial charge in [-0.1, -0.05) is 20.8 Å². The second kappa shape index (κ2) is 6.10. The number of hydrogen-bond donors (Lipinski definition) is 1. The second-order valence-electron chi connectivity index (χ2n) is 4.87. The normalized spacial score (nSPS) is 22.2. The molecule has 0 bridgehead atoms. The fraction of sp³-hybridized carbons (Fsp3) is 0.600. The van der Waals surface area contributed by atoms with Crippen LogP contribution in [0.2, 0.25) is 0 Å². The Morgan fingerprint density at radius 3 is 2.94 bits per heavy atom. The van der Waals surface area contributed by atoms with Crippen molar-refractivity contribution in [2.75, 3.05) is 19.8 Å². The monoisotopic (exact) mass is 249 g/mol. The number of rotatable bonds is 5. The first kappa shape index (κ1) is 13.2. The fourth-order valence-electron chi connectivity index (χ4n) is 2.37. The maximum absolute atomic E-state index is 5.78. The van der Waals surface area contributed by atoms with Gasteiger partial charge >= 0.3 is 0 Å². The van der Waals surface area contributed by atoms with E-state index < -0.39 is 0 Å². The predicted molar refractivity (Wildman–Crippen MR) is 73.3 cm³/mol. The molecule has 0 saturated carbocycles. The molecule has 0 fully saturated rings. The topological polar surface area (TPSA) is 30.5 Å². The van der Waals surface area contributed by atoms with Gasteiger partial charge in [0.2, 0.25) is 0 Å². The van der Waals surface area contributed by atoms with Crippen molar-refractivity contribution in [3.05, 3.63) is 23.8 Å². The van der Waals surface area contributed by atoms with Crippen LogP contribution in [0.15, 0.2) is 18.2 Å². The minimum absolute atomic E-state index is 0.365. The van der Waals surface area contributed by atoms with Crippen LogP contribution in [0.5, 0.6) is 11.5 Å². The first-order chi connectivity index (χ1) is 8.76. The van der Waals surface area contributed by atoms with E-state index in [-0.39, 0.29) is 0 Å². The molecule has 0 spiro atoms. The Morgan fingerprint density at radius 2 is 2.22 bits per heavy atom. The van der Waals surface area contributed by atoms with E-state index in [0.717, 1.165) is 37.7 Å². The van der Waals surface area contributed by atoms with Gasteiger partial charge < -0.3 is 14.8 Å². The van der Waals surface area contributed by atoms with Gasteiger partial charge in [0.1, 0.15) is 11.5 Å². The molecule has 3 nitrogen and oxygen atoms in total. The number of nitrogens with one attached hydrogen (secondary N) is 1. The molecule has 0 aliphatic carbocycles. The smallest absolute Gasteiger partial charge is 0.124 e. The van der Waals surface area contributed by atoms with Crippen molar-refractivity contribution in [3.8, 4) is 11.5 Å². The van der Waals surface area contributed by atoms with E-state index in [9.17, 15) is 0 Å². The van der Waals surface area contributed by atoms with Crippen LogP contribution in [0.1, 0.15) is 38.8 Å². The van der Waals surface area contributed by atoms with Crippen LogP contribution in [-0.2, 0) is 0 Å². The number of hydrogen-bond acceptors (Lipinski definition) is 3. The first-order valence-corrected chi connectivity index (χ1v) is 6.89. The van der Waals surface area contributed by atoms with E-state index >= 15 is 0 Å². The average Bonchev–Trinajstić information content (AvgIpc) is 2.39. The molecule has 0 radical (unpaired) electrons. The molecule has 0 aromatic heterocycles. The van der Waals surface area contributed by atoms with Crippen LogP contribution in [0.3, 0.4) is 0 Å². The van der Waals surface area contributed by atoms with E-state index in [1.165, 1.54) is 5.56 Å². The molecular formula is C15H23NO2. The van der Waals surface area contributed by atoms with E-state index in [4.69, 9.17) is 9.47 Å². The molecule has 1 N–H and O–H groups in total. The third kappa shape index (κ3) is 2.78. The second-order valence-corrected chi connectivity index (χ2v) is 4.87. The quantitative estimate of drug-likeness (QED) is 0.869. The minimum Gasteiger partial charge on any atom is -0.494 e. The van der Waals surface area contributed by atoms with Crippen molar-refractivity contribution in [3.63, 3.8) is 0 Å². The lowest BCUT2D eigenvalue weighted by Crippen LogP contribution is -2.33. The highest BCUT2D eigenvalue weighted by Crippen LogP contribution is 2.37. The molecule has 0 amide bonds. The molecule has 2 atom stereocenters. The van der Waals surface area contributed by atoms with Crippen molar-refractivity contribution in [1.82, 2.24) is 5.32 Å². The van der Waals surface area contributed by atoms with Crippen LogP contribution in [0, 0.1) is 5.92 Å². The molecule has 18 heavy (non-hydrogen) atoms. The summed E-state index contributed by atoms with van der Waals surface area (Å²) in [6, 6.07) is 6.50. The Morgan fingerprint density at radius 1 is 1.39 bits per heavy atom. The predicted octanol–water partition coefficient (Wildman–Crippen LogP) is 3.15. The largest absolute Gasteiger partial charge is 0.494 e. The molecular weight excluding hydrogens is 226 g/mol. The summed E-state index contributed by atoms with van der Waals surface area (Å²) in [6.07, 6.45) is 1.03. The van der Waals surface area contributed by atoms with Gasteiger partial charge in [0.15, 0.2) is 0 Å². The van der Waals surface area contributed by atoms with Gasteiger partial charge in [0.05, 0.1) is 13.2 Å². The SMILES string of the molecule is CCCOc1ccc2c(c1)C(NCC)C(C)CO2. The van der Waals surface area contributed by atoms with Crippen LogP contribution in [-0.4, -0.2) is 19.8 Å². The summed E-state index contributed by atoms with van der Waals surface area (Å²) in [5.74, 6) is 2.41. The Bertz CT molecular complexity index is 392. The van der Waals surface area contributed by atoms with Gasteiger partial charge in [-0.3, -0.25) is 0 Å². The molecule has 1 aliphatic heterocycles.